The molecule has 2 aliphatic heterocycles. The molecular weight excluding hydrogens is 436 g/mol. The van der Waals surface area contributed by atoms with Crippen LogP contribution in [0, 0.1) is 58.2 Å². The summed E-state index contributed by atoms with van der Waals surface area (Å²) in [5.41, 5.74) is -1.67. The smallest absolute Gasteiger partial charge is 0.321 e. The quantitative estimate of drug-likeness (QED) is 0.447. The SMILES string of the molecule is CC12CCC3(CC1(O)[C@@H]1C[C@@H]1C1C2CCC2(C)C1C1C[C@@H]1[C@@]21CC(C(=O)O)C(=O)O1)OCCO3. The monoisotopic (exact) mass is 472 g/mol. The van der Waals surface area contributed by atoms with Crippen LogP contribution in [-0.4, -0.2) is 52.4 Å². The van der Waals surface area contributed by atoms with Gasteiger partial charge in [0.25, 0.3) is 0 Å². The minimum Gasteiger partial charge on any atom is -0.481 e. The number of fused-ring (bicyclic) bond motifs is 12. The molecule has 12 atom stereocenters. The van der Waals surface area contributed by atoms with E-state index in [1.807, 2.05) is 0 Å². The van der Waals surface area contributed by atoms with Crippen LogP contribution in [-0.2, 0) is 23.8 Å². The maximum absolute atomic E-state index is 12.7. The van der Waals surface area contributed by atoms with E-state index in [1.54, 1.807) is 0 Å². The first-order valence-corrected chi connectivity index (χ1v) is 13.6. The number of carbonyl (C=O) groups is 2. The van der Waals surface area contributed by atoms with Gasteiger partial charge in [0.2, 0.25) is 0 Å². The number of aliphatic carboxylic acids is 1. The summed E-state index contributed by atoms with van der Waals surface area (Å²) in [6, 6.07) is 0. The molecule has 6 saturated carbocycles. The Morgan fingerprint density at radius 1 is 0.971 bits per heavy atom. The molecule has 8 fully saturated rings. The zero-order valence-electron chi connectivity index (χ0n) is 20.1. The Balaban J connectivity index is 1.17. The first-order valence-electron chi connectivity index (χ1n) is 13.6. The lowest BCUT2D eigenvalue weighted by Gasteiger charge is -2.65. The molecule has 6 aliphatic carbocycles. The number of carboxylic acids is 1. The third-order valence-corrected chi connectivity index (χ3v) is 13.0. The maximum atomic E-state index is 12.7. The molecule has 8 unspecified atom stereocenters. The zero-order valence-corrected chi connectivity index (χ0v) is 20.1. The van der Waals surface area contributed by atoms with Crippen LogP contribution in [0.4, 0.5) is 0 Å². The van der Waals surface area contributed by atoms with Gasteiger partial charge in [-0.3, -0.25) is 9.59 Å². The first-order chi connectivity index (χ1) is 16.1. The molecule has 0 aromatic rings. The normalized spacial score (nSPS) is 61.8. The lowest BCUT2D eigenvalue weighted by atomic mass is 9.42. The van der Waals surface area contributed by atoms with E-state index >= 15 is 0 Å². The Labute approximate surface area is 199 Å². The van der Waals surface area contributed by atoms with Gasteiger partial charge in [0, 0.05) is 36.0 Å². The number of esters is 1. The molecule has 2 spiro atoms. The van der Waals surface area contributed by atoms with E-state index in [2.05, 4.69) is 13.8 Å². The maximum Gasteiger partial charge on any atom is 0.321 e. The molecule has 0 aromatic carbocycles. The van der Waals surface area contributed by atoms with Gasteiger partial charge in [-0.2, -0.15) is 0 Å². The Morgan fingerprint density at radius 3 is 2.41 bits per heavy atom. The van der Waals surface area contributed by atoms with Crippen molar-refractivity contribution in [1.82, 2.24) is 0 Å². The third-order valence-electron chi connectivity index (χ3n) is 13.0. The molecule has 2 saturated heterocycles. The summed E-state index contributed by atoms with van der Waals surface area (Å²) in [4.78, 5) is 24.5. The van der Waals surface area contributed by atoms with Crippen molar-refractivity contribution in [3.05, 3.63) is 0 Å². The van der Waals surface area contributed by atoms with Gasteiger partial charge in [-0.15, -0.1) is 0 Å². The van der Waals surface area contributed by atoms with E-state index in [9.17, 15) is 19.8 Å². The molecule has 0 bridgehead atoms. The minimum atomic E-state index is -1.04. The molecule has 2 N–H and O–H groups in total. The molecule has 34 heavy (non-hydrogen) atoms. The molecule has 7 nitrogen and oxygen atoms in total. The number of rotatable bonds is 1. The summed E-state index contributed by atoms with van der Waals surface area (Å²) >= 11 is 0. The summed E-state index contributed by atoms with van der Waals surface area (Å²) in [6.07, 6.45) is 6.81. The summed E-state index contributed by atoms with van der Waals surface area (Å²) in [7, 11) is 0. The predicted molar refractivity (Wildman–Crippen MR) is 117 cm³/mol. The fourth-order valence-electron chi connectivity index (χ4n) is 11.4. The highest BCUT2D eigenvalue weighted by molar-refractivity contribution is 5.96. The molecule has 7 heteroatoms. The second kappa shape index (κ2) is 5.86. The fourth-order valence-corrected chi connectivity index (χ4v) is 11.4. The molecule has 2 heterocycles. The zero-order chi connectivity index (χ0) is 23.5. The lowest BCUT2D eigenvalue weighted by Crippen LogP contribution is -2.67. The number of hydrogen-bond acceptors (Lipinski definition) is 6. The lowest BCUT2D eigenvalue weighted by molar-refractivity contribution is -0.292. The largest absolute Gasteiger partial charge is 0.481 e. The average molecular weight is 473 g/mol. The van der Waals surface area contributed by atoms with Crippen LogP contribution in [0.3, 0.4) is 0 Å². The highest BCUT2D eigenvalue weighted by atomic mass is 16.7. The molecule has 0 radical (unpaired) electrons. The van der Waals surface area contributed by atoms with E-state index in [0.717, 1.165) is 38.5 Å². The van der Waals surface area contributed by atoms with Crippen LogP contribution in [0.15, 0.2) is 0 Å². The van der Waals surface area contributed by atoms with Gasteiger partial charge in [0.1, 0.15) is 5.60 Å². The first kappa shape index (κ1) is 21.0. The summed E-state index contributed by atoms with van der Waals surface area (Å²) < 4.78 is 18.3. The van der Waals surface area contributed by atoms with Crippen LogP contribution in [0.1, 0.15) is 65.2 Å². The van der Waals surface area contributed by atoms with Gasteiger partial charge in [-0.05, 0) is 67.6 Å². The van der Waals surface area contributed by atoms with Crippen molar-refractivity contribution in [1.29, 1.82) is 0 Å². The van der Waals surface area contributed by atoms with Crippen LogP contribution >= 0.6 is 0 Å². The van der Waals surface area contributed by atoms with Gasteiger partial charge >= 0.3 is 11.9 Å². The van der Waals surface area contributed by atoms with E-state index in [1.165, 1.54) is 0 Å². The number of hydrogen-bond donors (Lipinski definition) is 2. The van der Waals surface area contributed by atoms with Crippen molar-refractivity contribution >= 4 is 11.9 Å². The standard InChI is InChI=1S/C27H36O7/c1-23-5-6-25(32-7-8-33-25)12-26(23,31)17-9-13(17)19-16(23)3-4-24(2)20(19)14-10-18(14)27(24)11-15(21(28)29)22(30)34-27/h13-20,31H,3-12H2,1-2H3,(H,28,29)/t13-,14?,15?,16?,17+,18-,19?,20?,23?,24?,26?,27-/m0/s1. The Hall–Kier alpha value is -1.18. The fraction of sp³-hybridized carbons (Fsp3) is 0.926. The van der Waals surface area contributed by atoms with Crippen molar-refractivity contribution in [3.8, 4) is 0 Å². The average Bonchev–Trinajstić information content (AvgIpc) is 3.66. The van der Waals surface area contributed by atoms with Crippen molar-refractivity contribution in [3.63, 3.8) is 0 Å². The van der Waals surface area contributed by atoms with Crippen molar-refractivity contribution in [2.24, 2.45) is 58.2 Å². The summed E-state index contributed by atoms with van der Waals surface area (Å²) in [5, 5.41) is 22.0. The van der Waals surface area contributed by atoms with Crippen molar-refractivity contribution < 1.29 is 34.0 Å². The topological polar surface area (TPSA) is 102 Å². The van der Waals surface area contributed by atoms with Gasteiger partial charge < -0.3 is 24.4 Å². The van der Waals surface area contributed by atoms with Crippen molar-refractivity contribution in [2.45, 2.75) is 82.2 Å². The Kier molecular flexibility index (Phi) is 3.61. The van der Waals surface area contributed by atoms with Crippen LogP contribution in [0.25, 0.3) is 0 Å². The van der Waals surface area contributed by atoms with Gasteiger partial charge in [0.05, 0.1) is 18.8 Å². The molecule has 186 valence electrons. The number of aliphatic hydroxyl groups is 1. The molecule has 8 rings (SSSR count). The molecular formula is C27H36O7. The summed E-state index contributed by atoms with van der Waals surface area (Å²) in [6.45, 7) is 5.89. The van der Waals surface area contributed by atoms with E-state index in [0.29, 0.717) is 61.6 Å². The number of carbonyl (C=O) groups excluding carboxylic acids is 1. The van der Waals surface area contributed by atoms with E-state index in [4.69, 9.17) is 14.2 Å². The minimum absolute atomic E-state index is 0.159. The molecule has 8 aliphatic rings. The second-order valence-electron chi connectivity index (χ2n) is 13.7. The highest BCUT2D eigenvalue weighted by Gasteiger charge is 2.84. The predicted octanol–water partition coefficient (Wildman–Crippen LogP) is 2.99. The number of ether oxygens (including phenoxy) is 3. The van der Waals surface area contributed by atoms with Gasteiger partial charge in [0.15, 0.2) is 11.7 Å². The van der Waals surface area contributed by atoms with Crippen LogP contribution in [0.5, 0.6) is 0 Å². The highest BCUT2D eigenvalue weighted by Crippen LogP contribution is 2.83. The Bertz CT molecular complexity index is 1000. The van der Waals surface area contributed by atoms with Gasteiger partial charge in [-0.25, -0.2) is 0 Å². The third kappa shape index (κ3) is 2.08. The number of carboxylic acid groups (broad SMARTS) is 1. The molecule has 0 amide bonds. The van der Waals surface area contributed by atoms with E-state index in [-0.39, 0.29) is 16.7 Å². The van der Waals surface area contributed by atoms with Crippen LogP contribution < -0.4 is 0 Å². The van der Waals surface area contributed by atoms with Gasteiger partial charge in [-0.1, -0.05) is 13.8 Å². The summed E-state index contributed by atoms with van der Waals surface area (Å²) in [5.74, 6) is -0.0874. The van der Waals surface area contributed by atoms with E-state index < -0.39 is 34.8 Å². The van der Waals surface area contributed by atoms with Crippen LogP contribution in [0.2, 0.25) is 0 Å². The molecule has 0 aromatic heterocycles. The van der Waals surface area contributed by atoms with Crippen molar-refractivity contribution in [2.75, 3.05) is 13.2 Å². The second-order valence-corrected chi connectivity index (χ2v) is 13.7. The Morgan fingerprint density at radius 2 is 1.71 bits per heavy atom.